The van der Waals surface area contributed by atoms with Crippen molar-refractivity contribution in [3.05, 3.63) is 42.5 Å². The molecule has 1 saturated carbocycles. The number of anilines is 2. The molecule has 1 fully saturated rings. The molecule has 8 heteroatoms. The van der Waals surface area contributed by atoms with E-state index in [2.05, 4.69) is 21.0 Å². The number of urea groups is 1. The fourth-order valence-electron chi connectivity index (χ4n) is 1.99. The number of nitrogens with one attached hydrogen (secondary N) is 3. The molecule has 1 aromatic heterocycles. The van der Waals surface area contributed by atoms with Gasteiger partial charge in [0.1, 0.15) is 12.4 Å². The number of carbonyl (C=O) groups is 2. The van der Waals surface area contributed by atoms with Crippen molar-refractivity contribution in [3.63, 3.8) is 0 Å². The molecule has 0 unspecified atom stereocenters. The summed E-state index contributed by atoms with van der Waals surface area (Å²) in [5.41, 5.74) is 0.934. The van der Waals surface area contributed by atoms with Crippen LogP contribution in [0.25, 0.3) is 0 Å². The van der Waals surface area contributed by atoms with Crippen LogP contribution >= 0.6 is 0 Å². The molecule has 0 atom stereocenters. The van der Waals surface area contributed by atoms with Gasteiger partial charge in [-0.25, -0.2) is 9.18 Å². The van der Waals surface area contributed by atoms with E-state index in [1.54, 1.807) is 6.20 Å². The molecule has 1 aliphatic rings. The van der Waals surface area contributed by atoms with Crippen LogP contribution in [0.3, 0.4) is 0 Å². The van der Waals surface area contributed by atoms with Crippen molar-refractivity contribution in [2.45, 2.75) is 25.4 Å². The van der Waals surface area contributed by atoms with E-state index in [0.29, 0.717) is 17.4 Å². The van der Waals surface area contributed by atoms with Gasteiger partial charge in [-0.05, 0) is 37.1 Å². The number of carbonyl (C=O) groups excluding carboxylic acids is 2. The molecule has 3 amide bonds. The fraction of sp³-hybridized carbons (Fsp3) is 0.267. The molecular formula is C15H16FN5O2. The van der Waals surface area contributed by atoms with Crippen LogP contribution < -0.4 is 16.0 Å². The average Bonchev–Trinajstić information content (AvgIpc) is 3.20. The monoisotopic (exact) mass is 317 g/mol. The van der Waals surface area contributed by atoms with E-state index >= 15 is 0 Å². The average molecular weight is 317 g/mol. The van der Waals surface area contributed by atoms with Crippen LogP contribution in [-0.4, -0.2) is 27.8 Å². The van der Waals surface area contributed by atoms with Gasteiger partial charge in [0.05, 0.1) is 11.9 Å². The summed E-state index contributed by atoms with van der Waals surface area (Å²) < 4.78 is 14.2. The van der Waals surface area contributed by atoms with E-state index in [1.165, 1.54) is 35.1 Å². The lowest BCUT2D eigenvalue weighted by Crippen LogP contribution is -2.29. The topological polar surface area (TPSA) is 88.1 Å². The maximum atomic E-state index is 12.8. The SMILES string of the molecule is O=C(Cn1cc(NC(=O)Nc2ccc(F)cc2)cn1)NC1CC1. The highest BCUT2D eigenvalue weighted by molar-refractivity contribution is 5.99. The van der Waals surface area contributed by atoms with Crippen LogP contribution in [0.1, 0.15) is 12.8 Å². The van der Waals surface area contributed by atoms with Gasteiger partial charge < -0.3 is 16.0 Å². The first-order chi connectivity index (χ1) is 11.1. The first kappa shape index (κ1) is 15.0. The molecule has 3 rings (SSSR count). The zero-order valence-corrected chi connectivity index (χ0v) is 12.3. The molecule has 0 saturated heterocycles. The Morgan fingerprint density at radius 2 is 1.87 bits per heavy atom. The smallest absolute Gasteiger partial charge is 0.323 e. The number of halogens is 1. The van der Waals surface area contributed by atoms with E-state index in [0.717, 1.165) is 12.8 Å². The quantitative estimate of drug-likeness (QED) is 0.787. The van der Waals surface area contributed by atoms with Crippen LogP contribution in [0.5, 0.6) is 0 Å². The second-order valence-electron chi connectivity index (χ2n) is 5.35. The van der Waals surface area contributed by atoms with Gasteiger partial charge in [-0.15, -0.1) is 0 Å². The Morgan fingerprint density at radius 3 is 2.57 bits per heavy atom. The Morgan fingerprint density at radius 1 is 1.17 bits per heavy atom. The molecule has 1 aromatic carbocycles. The summed E-state index contributed by atoms with van der Waals surface area (Å²) in [7, 11) is 0. The molecular weight excluding hydrogens is 301 g/mol. The predicted octanol–water partition coefficient (Wildman–Crippen LogP) is 1.94. The van der Waals surface area contributed by atoms with Crippen molar-refractivity contribution in [2.75, 3.05) is 10.6 Å². The normalized spacial score (nSPS) is 13.4. The molecule has 1 heterocycles. The minimum Gasteiger partial charge on any atom is -0.352 e. The summed E-state index contributed by atoms with van der Waals surface area (Å²) in [6.07, 6.45) is 5.08. The van der Waals surface area contributed by atoms with Gasteiger partial charge in [-0.2, -0.15) is 5.10 Å². The zero-order chi connectivity index (χ0) is 16.2. The third-order valence-corrected chi connectivity index (χ3v) is 3.24. The lowest BCUT2D eigenvalue weighted by Gasteiger charge is -2.05. The highest BCUT2D eigenvalue weighted by Crippen LogP contribution is 2.18. The van der Waals surface area contributed by atoms with Crippen LogP contribution in [0, 0.1) is 5.82 Å². The summed E-state index contributed by atoms with van der Waals surface area (Å²) in [6, 6.07) is 5.26. The Hall–Kier alpha value is -2.90. The van der Waals surface area contributed by atoms with Gasteiger partial charge in [0.15, 0.2) is 0 Å². The zero-order valence-electron chi connectivity index (χ0n) is 12.3. The minimum absolute atomic E-state index is 0.0992. The lowest BCUT2D eigenvalue weighted by molar-refractivity contribution is -0.122. The second kappa shape index (κ2) is 6.47. The van der Waals surface area contributed by atoms with Crippen LogP contribution in [-0.2, 0) is 11.3 Å². The molecule has 0 bridgehead atoms. The van der Waals surface area contributed by atoms with E-state index in [-0.39, 0.29) is 18.3 Å². The highest BCUT2D eigenvalue weighted by Gasteiger charge is 2.23. The first-order valence-electron chi connectivity index (χ1n) is 7.24. The number of aromatic nitrogens is 2. The number of hydrogen-bond donors (Lipinski definition) is 3. The molecule has 7 nitrogen and oxygen atoms in total. The van der Waals surface area contributed by atoms with Gasteiger partial charge in [-0.1, -0.05) is 0 Å². The van der Waals surface area contributed by atoms with Crippen molar-refractivity contribution in [3.8, 4) is 0 Å². The molecule has 2 aromatic rings. The number of rotatable bonds is 5. The Kier molecular flexibility index (Phi) is 4.22. The first-order valence-corrected chi connectivity index (χ1v) is 7.24. The molecule has 23 heavy (non-hydrogen) atoms. The van der Waals surface area contributed by atoms with Crippen LogP contribution in [0.15, 0.2) is 36.7 Å². The number of amides is 3. The van der Waals surface area contributed by atoms with Crippen molar-refractivity contribution < 1.29 is 14.0 Å². The van der Waals surface area contributed by atoms with Crippen molar-refractivity contribution in [1.29, 1.82) is 0 Å². The largest absolute Gasteiger partial charge is 0.352 e. The number of benzene rings is 1. The van der Waals surface area contributed by atoms with Gasteiger partial charge in [0.25, 0.3) is 0 Å². The molecule has 1 aliphatic carbocycles. The van der Waals surface area contributed by atoms with Gasteiger partial charge in [0.2, 0.25) is 5.91 Å². The Labute approximate surface area is 131 Å². The predicted molar refractivity (Wildman–Crippen MR) is 82.4 cm³/mol. The summed E-state index contributed by atoms with van der Waals surface area (Å²) in [5, 5.41) is 12.0. The summed E-state index contributed by atoms with van der Waals surface area (Å²) in [4.78, 5) is 23.5. The maximum Gasteiger partial charge on any atom is 0.323 e. The molecule has 0 spiro atoms. The van der Waals surface area contributed by atoms with E-state index in [1.807, 2.05) is 0 Å². The highest BCUT2D eigenvalue weighted by atomic mass is 19.1. The third-order valence-electron chi connectivity index (χ3n) is 3.24. The minimum atomic E-state index is -0.474. The standard InChI is InChI=1S/C15H16FN5O2/c16-10-1-3-12(4-2-10)19-15(23)20-13-7-17-21(8-13)9-14(22)18-11-5-6-11/h1-4,7-8,11H,5-6,9H2,(H,18,22)(H2,19,20,23). The van der Waals surface area contributed by atoms with E-state index in [9.17, 15) is 14.0 Å². The van der Waals surface area contributed by atoms with Crippen molar-refractivity contribution in [1.82, 2.24) is 15.1 Å². The summed E-state index contributed by atoms with van der Waals surface area (Å²) in [6.45, 7) is 0.109. The van der Waals surface area contributed by atoms with E-state index in [4.69, 9.17) is 0 Å². The molecule has 0 aliphatic heterocycles. The van der Waals surface area contributed by atoms with Gasteiger partial charge in [-0.3, -0.25) is 9.48 Å². The Balaban J connectivity index is 1.50. The second-order valence-corrected chi connectivity index (χ2v) is 5.35. The van der Waals surface area contributed by atoms with Crippen LogP contribution in [0.4, 0.5) is 20.6 Å². The fourth-order valence-corrected chi connectivity index (χ4v) is 1.99. The third kappa shape index (κ3) is 4.53. The van der Waals surface area contributed by atoms with E-state index < -0.39 is 6.03 Å². The van der Waals surface area contributed by atoms with Gasteiger partial charge >= 0.3 is 6.03 Å². The van der Waals surface area contributed by atoms with Crippen molar-refractivity contribution >= 4 is 23.3 Å². The lowest BCUT2D eigenvalue weighted by atomic mass is 10.3. The van der Waals surface area contributed by atoms with Crippen LogP contribution in [0.2, 0.25) is 0 Å². The molecule has 3 N–H and O–H groups in total. The van der Waals surface area contributed by atoms with Gasteiger partial charge in [0, 0.05) is 17.9 Å². The van der Waals surface area contributed by atoms with Crippen molar-refractivity contribution in [2.24, 2.45) is 0 Å². The summed E-state index contributed by atoms with van der Waals surface area (Å²) in [5.74, 6) is -0.473. The number of nitrogens with zero attached hydrogens (tertiary/aromatic N) is 2. The maximum absolute atomic E-state index is 12.8. The Bertz CT molecular complexity index is 709. The summed E-state index contributed by atoms with van der Waals surface area (Å²) >= 11 is 0. The number of hydrogen-bond acceptors (Lipinski definition) is 3. The molecule has 0 radical (unpaired) electrons. The molecule has 120 valence electrons.